The zero-order valence-electron chi connectivity index (χ0n) is 8.90. The van der Waals surface area contributed by atoms with Gasteiger partial charge in [-0.3, -0.25) is 0 Å². The molecule has 1 aromatic carbocycles. The van der Waals surface area contributed by atoms with Crippen LogP contribution in [0.4, 0.5) is 16.4 Å². The monoisotopic (exact) mass is 218 g/mol. The number of nitrogens with zero attached hydrogens (tertiary/aromatic N) is 1. The van der Waals surface area contributed by atoms with Gasteiger partial charge in [-0.05, 0) is 35.7 Å². The molecular formula is C12H14N2S. The van der Waals surface area contributed by atoms with Gasteiger partial charge in [-0.2, -0.15) is 0 Å². The second-order valence-electron chi connectivity index (χ2n) is 3.31. The molecule has 0 unspecified atom stereocenters. The lowest BCUT2D eigenvalue weighted by molar-refractivity contribution is 1.24. The predicted molar refractivity (Wildman–Crippen MR) is 68.4 cm³/mol. The van der Waals surface area contributed by atoms with E-state index in [2.05, 4.69) is 59.0 Å². The molecule has 0 saturated carbocycles. The molecule has 0 atom stereocenters. The maximum absolute atomic E-state index is 3.14. The van der Waals surface area contributed by atoms with E-state index in [1.807, 2.05) is 7.05 Å². The minimum absolute atomic E-state index is 1.14. The van der Waals surface area contributed by atoms with E-state index in [1.165, 1.54) is 10.7 Å². The molecule has 1 heterocycles. The van der Waals surface area contributed by atoms with Gasteiger partial charge in [0.2, 0.25) is 0 Å². The molecule has 1 N–H and O–H groups in total. The molecule has 0 aliphatic rings. The van der Waals surface area contributed by atoms with Crippen LogP contribution in [0.3, 0.4) is 0 Å². The highest BCUT2D eigenvalue weighted by atomic mass is 32.1. The molecule has 0 spiro atoms. The van der Waals surface area contributed by atoms with Crippen molar-refractivity contribution in [3.8, 4) is 0 Å². The van der Waals surface area contributed by atoms with Gasteiger partial charge in [0.25, 0.3) is 0 Å². The second-order valence-corrected chi connectivity index (χ2v) is 4.24. The van der Waals surface area contributed by atoms with Gasteiger partial charge in [0.15, 0.2) is 0 Å². The van der Waals surface area contributed by atoms with Crippen LogP contribution in [0.2, 0.25) is 0 Å². The predicted octanol–water partition coefficient (Wildman–Crippen LogP) is 3.56. The van der Waals surface area contributed by atoms with E-state index >= 15 is 0 Å². The van der Waals surface area contributed by atoms with Gasteiger partial charge in [0, 0.05) is 25.5 Å². The number of hydrogen-bond acceptors (Lipinski definition) is 3. The van der Waals surface area contributed by atoms with Gasteiger partial charge < -0.3 is 10.2 Å². The lowest BCUT2D eigenvalue weighted by Gasteiger charge is -2.17. The Hall–Kier alpha value is -1.48. The Morgan fingerprint density at radius 3 is 2.73 bits per heavy atom. The van der Waals surface area contributed by atoms with Crippen LogP contribution in [0.15, 0.2) is 41.8 Å². The number of benzene rings is 1. The standard InChI is InChI=1S/C12H14N2S/c1-13-10-5-3-6-11(9-10)14(2)12-7-4-8-15-12/h3-9,13H,1-2H3. The van der Waals surface area contributed by atoms with E-state index in [0.717, 1.165) is 5.69 Å². The Morgan fingerprint density at radius 2 is 2.07 bits per heavy atom. The Balaban J connectivity index is 2.29. The van der Waals surface area contributed by atoms with Crippen LogP contribution < -0.4 is 10.2 Å². The molecule has 78 valence electrons. The summed E-state index contributed by atoms with van der Waals surface area (Å²) < 4.78 is 0. The summed E-state index contributed by atoms with van der Waals surface area (Å²) >= 11 is 1.74. The average Bonchev–Trinajstić information content (AvgIpc) is 2.81. The molecule has 0 bridgehead atoms. The summed E-state index contributed by atoms with van der Waals surface area (Å²) in [6.45, 7) is 0. The van der Waals surface area contributed by atoms with Crippen LogP contribution in [-0.2, 0) is 0 Å². The summed E-state index contributed by atoms with van der Waals surface area (Å²) in [6.07, 6.45) is 0. The molecule has 2 rings (SSSR count). The van der Waals surface area contributed by atoms with E-state index in [0.29, 0.717) is 0 Å². The van der Waals surface area contributed by atoms with Crippen molar-refractivity contribution in [2.24, 2.45) is 0 Å². The van der Waals surface area contributed by atoms with E-state index < -0.39 is 0 Å². The number of thiophene rings is 1. The lowest BCUT2D eigenvalue weighted by Crippen LogP contribution is -2.07. The number of anilines is 3. The molecule has 0 aliphatic heterocycles. The third-order valence-corrected chi connectivity index (χ3v) is 3.30. The van der Waals surface area contributed by atoms with Crippen LogP contribution in [0.25, 0.3) is 0 Å². The summed E-state index contributed by atoms with van der Waals surface area (Å²) in [4.78, 5) is 2.19. The fraction of sp³-hybridized carbons (Fsp3) is 0.167. The van der Waals surface area contributed by atoms with Gasteiger partial charge in [-0.25, -0.2) is 0 Å². The van der Waals surface area contributed by atoms with E-state index in [9.17, 15) is 0 Å². The molecule has 2 aromatic rings. The Labute approximate surface area is 94.2 Å². The highest BCUT2D eigenvalue weighted by molar-refractivity contribution is 7.14. The SMILES string of the molecule is CNc1cccc(N(C)c2cccs2)c1. The van der Waals surface area contributed by atoms with Crippen molar-refractivity contribution in [2.75, 3.05) is 24.3 Å². The zero-order valence-corrected chi connectivity index (χ0v) is 9.71. The maximum atomic E-state index is 3.14. The zero-order chi connectivity index (χ0) is 10.7. The van der Waals surface area contributed by atoms with Gasteiger partial charge in [-0.1, -0.05) is 6.07 Å². The van der Waals surface area contributed by atoms with Crippen LogP contribution in [-0.4, -0.2) is 14.1 Å². The van der Waals surface area contributed by atoms with Crippen molar-refractivity contribution in [3.63, 3.8) is 0 Å². The third-order valence-electron chi connectivity index (χ3n) is 2.36. The molecule has 0 saturated heterocycles. The fourth-order valence-electron chi connectivity index (χ4n) is 1.46. The molecule has 3 heteroatoms. The minimum atomic E-state index is 1.14. The molecule has 1 aromatic heterocycles. The summed E-state index contributed by atoms with van der Waals surface area (Å²) in [5, 5.41) is 6.49. The largest absolute Gasteiger partial charge is 0.388 e. The lowest BCUT2D eigenvalue weighted by atomic mass is 10.2. The molecule has 2 nitrogen and oxygen atoms in total. The molecular weight excluding hydrogens is 204 g/mol. The first kappa shape index (κ1) is 10.1. The van der Waals surface area contributed by atoms with E-state index in [-0.39, 0.29) is 0 Å². The Morgan fingerprint density at radius 1 is 1.20 bits per heavy atom. The average molecular weight is 218 g/mol. The third kappa shape index (κ3) is 2.13. The van der Waals surface area contributed by atoms with E-state index in [1.54, 1.807) is 11.3 Å². The number of rotatable bonds is 3. The van der Waals surface area contributed by atoms with Crippen molar-refractivity contribution >= 4 is 27.7 Å². The summed E-state index contributed by atoms with van der Waals surface area (Å²) in [5.74, 6) is 0. The summed E-state index contributed by atoms with van der Waals surface area (Å²) in [7, 11) is 4.02. The first-order valence-corrected chi connectivity index (χ1v) is 5.74. The Bertz CT molecular complexity index is 423. The quantitative estimate of drug-likeness (QED) is 0.847. The van der Waals surface area contributed by atoms with Gasteiger partial charge in [-0.15, -0.1) is 11.3 Å². The highest BCUT2D eigenvalue weighted by Crippen LogP contribution is 2.28. The minimum Gasteiger partial charge on any atom is -0.388 e. The number of nitrogens with one attached hydrogen (secondary N) is 1. The highest BCUT2D eigenvalue weighted by Gasteiger charge is 2.04. The van der Waals surface area contributed by atoms with Gasteiger partial charge in [0.1, 0.15) is 0 Å². The maximum Gasteiger partial charge on any atom is 0.0950 e. The van der Waals surface area contributed by atoms with Crippen molar-refractivity contribution in [2.45, 2.75) is 0 Å². The first-order valence-electron chi connectivity index (χ1n) is 4.86. The summed E-state index contributed by atoms with van der Waals surface area (Å²) in [6, 6.07) is 12.6. The molecule has 0 fully saturated rings. The van der Waals surface area contributed by atoms with Gasteiger partial charge >= 0.3 is 0 Å². The second kappa shape index (κ2) is 4.36. The van der Waals surface area contributed by atoms with Crippen LogP contribution >= 0.6 is 11.3 Å². The molecule has 15 heavy (non-hydrogen) atoms. The van der Waals surface area contributed by atoms with Crippen LogP contribution in [0.1, 0.15) is 0 Å². The molecule has 0 radical (unpaired) electrons. The number of hydrogen-bond donors (Lipinski definition) is 1. The summed E-state index contributed by atoms with van der Waals surface area (Å²) in [5.41, 5.74) is 2.33. The van der Waals surface area contributed by atoms with Crippen molar-refractivity contribution in [1.82, 2.24) is 0 Å². The molecule has 0 aliphatic carbocycles. The smallest absolute Gasteiger partial charge is 0.0950 e. The topological polar surface area (TPSA) is 15.3 Å². The normalized spacial score (nSPS) is 10.0. The Kier molecular flexibility index (Phi) is 2.92. The van der Waals surface area contributed by atoms with Crippen molar-refractivity contribution < 1.29 is 0 Å². The van der Waals surface area contributed by atoms with Crippen molar-refractivity contribution in [3.05, 3.63) is 41.8 Å². The first-order chi connectivity index (χ1) is 7.31. The molecule has 0 amide bonds. The van der Waals surface area contributed by atoms with Crippen LogP contribution in [0.5, 0.6) is 0 Å². The van der Waals surface area contributed by atoms with Gasteiger partial charge in [0.05, 0.1) is 5.00 Å². The van der Waals surface area contributed by atoms with Crippen LogP contribution in [0, 0.1) is 0 Å². The van der Waals surface area contributed by atoms with Crippen molar-refractivity contribution in [1.29, 1.82) is 0 Å². The van der Waals surface area contributed by atoms with E-state index in [4.69, 9.17) is 0 Å². The fourth-order valence-corrected chi connectivity index (χ4v) is 2.18.